The fourth-order valence-electron chi connectivity index (χ4n) is 2.52. The number of pyridine rings is 1. The van der Waals surface area contributed by atoms with Crippen molar-refractivity contribution in [2.45, 2.75) is 26.9 Å². The number of nitrogens with zero attached hydrogens (tertiary/aromatic N) is 2. The lowest BCUT2D eigenvalue weighted by molar-refractivity contribution is 0.0715. The molecule has 0 aromatic carbocycles. The zero-order valence-electron chi connectivity index (χ0n) is 13.2. The molecule has 118 valence electrons. The van der Waals surface area contributed by atoms with Crippen LogP contribution in [-0.4, -0.2) is 15.8 Å². The van der Waals surface area contributed by atoms with Crippen LogP contribution in [0.25, 0.3) is 0 Å². The van der Waals surface area contributed by atoms with Crippen LogP contribution in [0.2, 0.25) is 0 Å². The topological polar surface area (TPSA) is 59.5 Å². The summed E-state index contributed by atoms with van der Waals surface area (Å²) in [6.07, 6.45) is 5.08. The Morgan fingerprint density at radius 2 is 2.09 bits per heavy atom. The molecule has 0 saturated heterocycles. The normalized spacial score (nSPS) is 10.7. The second-order valence-corrected chi connectivity index (χ2v) is 5.43. The van der Waals surface area contributed by atoms with Gasteiger partial charge in [-0.1, -0.05) is 6.07 Å². The Hall–Kier alpha value is -2.82. The van der Waals surface area contributed by atoms with Gasteiger partial charge in [0, 0.05) is 18.9 Å². The molecule has 0 bridgehead atoms. The first-order valence-electron chi connectivity index (χ1n) is 7.41. The highest BCUT2D eigenvalue weighted by molar-refractivity contribution is 5.95. The van der Waals surface area contributed by atoms with E-state index in [0.29, 0.717) is 24.4 Å². The Kier molecular flexibility index (Phi) is 4.28. The average Bonchev–Trinajstić information content (AvgIpc) is 3.16. The zero-order chi connectivity index (χ0) is 16.2. The van der Waals surface area contributed by atoms with Gasteiger partial charge < -0.3 is 13.7 Å². The van der Waals surface area contributed by atoms with Crippen molar-refractivity contribution >= 4 is 5.91 Å². The highest BCUT2D eigenvalue weighted by atomic mass is 16.3. The third kappa shape index (κ3) is 3.51. The van der Waals surface area contributed by atoms with Gasteiger partial charge in [0.05, 0.1) is 18.4 Å². The van der Waals surface area contributed by atoms with Gasteiger partial charge in [-0.05, 0) is 43.7 Å². The predicted molar refractivity (Wildman–Crippen MR) is 84.7 cm³/mol. The van der Waals surface area contributed by atoms with E-state index in [1.807, 2.05) is 31.2 Å². The lowest BCUT2D eigenvalue weighted by atomic mass is 10.2. The Morgan fingerprint density at radius 3 is 2.70 bits per heavy atom. The molecule has 5 nitrogen and oxygen atoms in total. The van der Waals surface area contributed by atoms with Gasteiger partial charge in [-0.15, -0.1) is 0 Å². The number of furan rings is 2. The molecular formula is C18H18N2O3. The molecule has 0 spiro atoms. The molecule has 1 amide bonds. The lowest BCUT2D eigenvalue weighted by Crippen LogP contribution is -2.30. The first kappa shape index (κ1) is 15.1. The van der Waals surface area contributed by atoms with E-state index in [9.17, 15) is 4.79 Å². The second kappa shape index (κ2) is 6.52. The largest absolute Gasteiger partial charge is 0.467 e. The van der Waals surface area contributed by atoms with E-state index in [2.05, 4.69) is 4.98 Å². The predicted octanol–water partition coefficient (Wildman–Crippen LogP) is 3.73. The Labute approximate surface area is 134 Å². The molecule has 3 aromatic rings. The summed E-state index contributed by atoms with van der Waals surface area (Å²) in [7, 11) is 0. The minimum atomic E-state index is -0.0837. The summed E-state index contributed by atoms with van der Waals surface area (Å²) in [5, 5.41) is 0. The molecule has 0 radical (unpaired) electrons. The Balaban J connectivity index is 1.87. The van der Waals surface area contributed by atoms with E-state index < -0.39 is 0 Å². The van der Waals surface area contributed by atoms with Crippen LogP contribution in [0, 0.1) is 13.8 Å². The first-order chi connectivity index (χ1) is 11.1. The van der Waals surface area contributed by atoms with Crippen LogP contribution in [0.1, 0.15) is 33.2 Å². The van der Waals surface area contributed by atoms with E-state index in [-0.39, 0.29) is 5.91 Å². The summed E-state index contributed by atoms with van der Waals surface area (Å²) in [4.78, 5) is 18.8. The number of amides is 1. The number of hydrogen-bond donors (Lipinski definition) is 0. The number of aromatic nitrogens is 1. The lowest BCUT2D eigenvalue weighted by Gasteiger charge is -2.21. The Bertz CT molecular complexity index is 776. The van der Waals surface area contributed by atoms with Crippen molar-refractivity contribution in [2.24, 2.45) is 0 Å². The summed E-state index contributed by atoms with van der Waals surface area (Å²) >= 11 is 0. The van der Waals surface area contributed by atoms with E-state index >= 15 is 0 Å². The monoisotopic (exact) mass is 310 g/mol. The van der Waals surface area contributed by atoms with E-state index in [4.69, 9.17) is 8.83 Å². The van der Waals surface area contributed by atoms with E-state index in [0.717, 1.165) is 17.1 Å². The second-order valence-electron chi connectivity index (χ2n) is 5.43. The van der Waals surface area contributed by atoms with E-state index in [1.54, 1.807) is 36.5 Å². The SMILES string of the molecule is Cc1cc(C(=O)N(Cc2cccnc2)Cc2ccco2)c(C)o1. The highest BCUT2D eigenvalue weighted by Crippen LogP contribution is 2.19. The molecule has 0 aliphatic heterocycles. The fraction of sp³-hybridized carbons (Fsp3) is 0.222. The summed E-state index contributed by atoms with van der Waals surface area (Å²) in [5.74, 6) is 2.01. The van der Waals surface area contributed by atoms with Gasteiger partial charge in [0.2, 0.25) is 0 Å². The van der Waals surface area contributed by atoms with Crippen LogP contribution >= 0.6 is 0 Å². The summed E-state index contributed by atoms with van der Waals surface area (Å²) in [6, 6.07) is 9.25. The molecule has 0 unspecified atom stereocenters. The minimum absolute atomic E-state index is 0.0837. The molecule has 5 heteroatoms. The van der Waals surface area contributed by atoms with Crippen molar-refractivity contribution in [1.29, 1.82) is 0 Å². The Morgan fingerprint density at radius 1 is 1.22 bits per heavy atom. The maximum Gasteiger partial charge on any atom is 0.258 e. The fourth-order valence-corrected chi connectivity index (χ4v) is 2.52. The molecule has 0 aliphatic rings. The molecule has 0 atom stereocenters. The summed E-state index contributed by atoms with van der Waals surface area (Å²) < 4.78 is 10.9. The average molecular weight is 310 g/mol. The molecular weight excluding hydrogens is 292 g/mol. The van der Waals surface area contributed by atoms with Crippen molar-refractivity contribution in [3.63, 3.8) is 0 Å². The van der Waals surface area contributed by atoms with Crippen molar-refractivity contribution < 1.29 is 13.6 Å². The van der Waals surface area contributed by atoms with Crippen LogP contribution in [0.15, 0.2) is 57.8 Å². The molecule has 23 heavy (non-hydrogen) atoms. The smallest absolute Gasteiger partial charge is 0.258 e. The van der Waals surface area contributed by atoms with Crippen LogP contribution < -0.4 is 0 Å². The van der Waals surface area contributed by atoms with Crippen molar-refractivity contribution in [1.82, 2.24) is 9.88 Å². The minimum Gasteiger partial charge on any atom is -0.467 e. The number of carbonyl (C=O) groups is 1. The molecule has 0 saturated carbocycles. The number of hydrogen-bond acceptors (Lipinski definition) is 4. The maximum absolute atomic E-state index is 12.9. The quantitative estimate of drug-likeness (QED) is 0.720. The third-order valence-corrected chi connectivity index (χ3v) is 3.58. The van der Waals surface area contributed by atoms with Crippen LogP contribution in [0.5, 0.6) is 0 Å². The molecule has 0 N–H and O–H groups in total. The molecule has 0 aliphatic carbocycles. The van der Waals surface area contributed by atoms with Gasteiger partial charge >= 0.3 is 0 Å². The van der Waals surface area contributed by atoms with Gasteiger partial charge in [-0.25, -0.2) is 0 Å². The van der Waals surface area contributed by atoms with Crippen molar-refractivity contribution in [3.05, 3.63) is 77.4 Å². The molecule has 3 rings (SSSR count). The van der Waals surface area contributed by atoms with Gasteiger partial charge in [0.1, 0.15) is 17.3 Å². The zero-order valence-corrected chi connectivity index (χ0v) is 13.2. The molecule has 3 aromatic heterocycles. The van der Waals surface area contributed by atoms with Crippen LogP contribution in [0.3, 0.4) is 0 Å². The van der Waals surface area contributed by atoms with Gasteiger partial charge in [-0.2, -0.15) is 0 Å². The summed E-state index contributed by atoms with van der Waals surface area (Å²) in [6.45, 7) is 4.48. The van der Waals surface area contributed by atoms with Gasteiger partial charge in [-0.3, -0.25) is 9.78 Å². The highest BCUT2D eigenvalue weighted by Gasteiger charge is 2.22. The number of rotatable bonds is 5. The maximum atomic E-state index is 12.9. The summed E-state index contributed by atoms with van der Waals surface area (Å²) in [5.41, 5.74) is 1.54. The van der Waals surface area contributed by atoms with E-state index in [1.165, 1.54) is 0 Å². The molecule has 0 fully saturated rings. The van der Waals surface area contributed by atoms with Gasteiger partial charge in [0.25, 0.3) is 5.91 Å². The standard InChI is InChI=1S/C18H18N2O3/c1-13-9-17(14(2)23-13)18(21)20(12-16-6-4-8-22-16)11-15-5-3-7-19-10-15/h3-10H,11-12H2,1-2H3. The molecule has 3 heterocycles. The van der Waals surface area contributed by atoms with Crippen LogP contribution in [0.4, 0.5) is 0 Å². The third-order valence-electron chi connectivity index (χ3n) is 3.58. The van der Waals surface area contributed by atoms with Gasteiger partial charge in [0.15, 0.2) is 0 Å². The van der Waals surface area contributed by atoms with Crippen molar-refractivity contribution in [3.8, 4) is 0 Å². The van der Waals surface area contributed by atoms with Crippen LogP contribution in [-0.2, 0) is 13.1 Å². The number of carbonyl (C=O) groups excluding carboxylic acids is 1. The first-order valence-corrected chi connectivity index (χ1v) is 7.41. The van der Waals surface area contributed by atoms with Crippen molar-refractivity contribution in [2.75, 3.05) is 0 Å². The number of aryl methyl sites for hydroxylation is 2.